The van der Waals surface area contributed by atoms with Crippen molar-refractivity contribution in [3.05, 3.63) is 17.6 Å². The molecule has 0 aliphatic heterocycles. The van der Waals surface area contributed by atoms with Crippen LogP contribution in [0.4, 0.5) is 5.82 Å². The van der Waals surface area contributed by atoms with Gasteiger partial charge in [0.1, 0.15) is 11.6 Å². The van der Waals surface area contributed by atoms with Gasteiger partial charge in [-0.25, -0.2) is 15.8 Å². The summed E-state index contributed by atoms with van der Waals surface area (Å²) in [5.74, 6) is 6.96. The minimum absolute atomic E-state index is 0.508. The van der Waals surface area contributed by atoms with Gasteiger partial charge < -0.3 is 5.43 Å². The predicted octanol–water partition coefficient (Wildman–Crippen LogP) is 2.47. The van der Waals surface area contributed by atoms with Crippen LogP contribution in [0.1, 0.15) is 51.0 Å². The molecule has 1 heterocycles. The topological polar surface area (TPSA) is 67.1 Å². The average molecular weight is 277 g/mol. The zero-order valence-corrected chi connectivity index (χ0v) is 13.1. The first-order valence-electron chi connectivity index (χ1n) is 7.41. The van der Waals surface area contributed by atoms with Gasteiger partial charge in [0, 0.05) is 17.8 Å². The third-order valence-electron chi connectivity index (χ3n) is 4.37. The van der Waals surface area contributed by atoms with Crippen LogP contribution in [0.3, 0.4) is 0 Å². The molecule has 5 heteroatoms. The molecular weight excluding hydrogens is 250 g/mol. The third kappa shape index (κ3) is 3.90. The lowest BCUT2D eigenvalue weighted by molar-refractivity contribution is 0.121. The molecule has 0 radical (unpaired) electrons. The van der Waals surface area contributed by atoms with Gasteiger partial charge in [-0.15, -0.1) is 0 Å². The second-order valence-corrected chi connectivity index (χ2v) is 6.77. The summed E-state index contributed by atoms with van der Waals surface area (Å²) in [5.41, 5.74) is 4.06. The number of rotatable bonds is 4. The van der Waals surface area contributed by atoms with Gasteiger partial charge in [0.15, 0.2) is 0 Å². The maximum absolute atomic E-state index is 5.44. The van der Waals surface area contributed by atoms with Crippen molar-refractivity contribution in [1.82, 2.24) is 14.9 Å². The SMILES string of the molecule is Cc1cc(NN)nc(CN(C)C2CCC(C)(C)CC2)n1. The molecule has 0 amide bonds. The molecule has 2 rings (SSSR count). The van der Waals surface area contributed by atoms with Gasteiger partial charge in [-0.05, 0) is 45.1 Å². The minimum Gasteiger partial charge on any atom is -0.308 e. The summed E-state index contributed by atoms with van der Waals surface area (Å²) in [4.78, 5) is 11.3. The van der Waals surface area contributed by atoms with E-state index in [1.165, 1.54) is 25.7 Å². The smallest absolute Gasteiger partial charge is 0.145 e. The molecule has 1 aromatic rings. The molecule has 20 heavy (non-hydrogen) atoms. The zero-order chi connectivity index (χ0) is 14.8. The van der Waals surface area contributed by atoms with E-state index in [4.69, 9.17) is 5.84 Å². The van der Waals surface area contributed by atoms with Crippen LogP contribution in [-0.2, 0) is 6.54 Å². The molecule has 1 aliphatic rings. The lowest BCUT2D eigenvalue weighted by Gasteiger charge is -2.38. The van der Waals surface area contributed by atoms with E-state index in [1.807, 2.05) is 13.0 Å². The van der Waals surface area contributed by atoms with Crippen molar-refractivity contribution in [1.29, 1.82) is 0 Å². The van der Waals surface area contributed by atoms with Crippen molar-refractivity contribution in [3.63, 3.8) is 0 Å². The molecule has 0 saturated heterocycles. The highest BCUT2D eigenvalue weighted by atomic mass is 15.3. The lowest BCUT2D eigenvalue weighted by Crippen LogP contribution is -2.37. The van der Waals surface area contributed by atoms with Crippen molar-refractivity contribution < 1.29 is 0 Å². The number of aromatic nitrogens is 2. The lowest BCUT2D eigenvalue weighted by atomic mass is 9.75. The molecule has 0 unspecified atom stereocenters. The van der Waals surface area contributed by atoms with Gasteiger partial charge in [0.2, 0.25) is 0 Å². The van der Waals surface area contributed by atoms with Gasteiger partial charge in [-0.3, -0.25) is 4.90 Å². The Morgan fingerprint density at radius 2 is 2.00 bits per heavy atom. The van der Waals surface area contributed by atoms with Crippen LogP contribution in [0.15, 0.2) is 6.07 Å². The summed E-state index contributed by atoms with van der Waals surface area (Å²) < 4.78 is 0. The summed E-state index contributed by atoms with van der Waals surface area (Å²) in [6, 6.07) is 2.49. The fourth-order valence-corrected chi connectivity index (χ4v) is 2.95. The Morgan fingerprint density at radius 1 is 1.35 bits per heavy atom. The van der Waals surface area contributed by atoms with Gasteiger partial charge >= 0.3 is 0 Å². The first-order valence-corrected chi connectivity index (χ1v) is 7.41. The van der Waals surface area contributed by atoms with E-state index in [1.54, 1.807) is 0 Å². The third-order valence-corrected chi connectivity index (χ3v) is 4.37. The number of aryl methyl sites for hydroxylation is 1. The summed E-state index contributed by atoms with van der Waals surface area (Å²) in [6.07, 6.45) is 5.12. The first kappa shape index (κ1) is 15.2. The van der Waals surface area contributed by atoms with Crippen molar-refractivity contribution in [2.24, 2.45) is 11.3 Å². The number of nitrogens with zero attached hydrogens (tertiary/aromatic N) is 3. The normalized spacial score (nSPS) is 19.3. The summed E-state index contributed by atoms with van der Waals surface area (Å²) in [6.45, 7) is 7.48. The second-order valence-electron chi connectivity index (χ2n) is 6.77. The van der Waals surface area contributed by atoms with E-state index in [0.29, 0.717) is 17.3 Å². The molecule has 1 saturated carbocycles. The Morgan fingerprint density at radius 3 is 2.60 bits per heavy atom. The van der Waals surface area contributed by atoms with Gasteiger partial charge in [-0.1, -0.05) is 13.8 Å². The molecule has 112 valence electrons. The van der Waals surface area contributed by atoms with Crippen molar-refractivity contribution in [2.45, 2.75) is 59.0 Å². The number of nitrogens with two attached hydrogens (primary N) is 1. The molecule has 1 aromatic heterocycles. The number of nitrogen functional groups attached to an aromatic ring is 1. The Hall–Kier alpha value is -1.20. The quantitative estimate of drug-likeness (QED) is 0.653. The average Bonchev–Trinajstić information content (AvgIpc) is 2.37. The van der Waals surface area contributed by atoms with E-state index in [9.17, 15) is 0 Å². The van der Waals surface area contributed by atoms with E-state index in [2.05, 4.69) is 41.2 Å². The fourth-order valence-electron chi connectivity index (χ4n) is 2.95. The van der Waals surface area contributed by atoms with Crippen LogP contribution < -0.4 is 11.3 Å². The standard InChI is InChI=1S/C15H27N5/c1-11-9-13(19-16)18-14(17-11)10-20(4)12-5-7-15(2,3)8-6-12/h9,12H,5-8,10,16H2,1-4H3,(H,17,18,19). The summed E-state index contributed by atoms with van der Waals surface area (Å²) in [7, 11) is 2.17. The monoisotopic (exact) mass is 277 g/mol. The number of hydrogen-bond acceptors (Lipinski definition) is 5. The highest BCUT2D eigenvalue weighted by Crippen LogP contribution is 2.36. The minimum atomic E-state index is 0.508. The van der Waals surface area contributed by atoms with E-state index in [0.717, 1.165) is 18.1 Å². The highest BCUT2D eigenvalue weighted by Gasteiger charge is 2.28. The highest BCUT2D eigenvalue weighted by molar-refractivity contribution is 5.33. The van der Waals surface area contributed by atoms with Gasteiger partial charge in [0.25, 0.3) is 0 Å². The molecule has 1 aliphatic carbocycles. The first-order chi connectivity index (χ1) is 9.39. The van der Waals surface area contributed by atoms with Crippen molar-refractivity contribution in [2.75, 3.05) is 12.5 Å². The Labute approximate surface area is 121 Å². The Bertz CT molecular complexity index is 448. The molecule has 0 atom stereocenters. The van der Waals surface area contributed by atoms with Crippen LogP contribution >= 0.6 is 0 Å². The van der Waals surface area contributed by atoms with Crippen LogP contribution in [0.5, 0.6) is 0 Å². The Kier molecular flexibility index (Phi) is 4.60. The van der Waals surface area contributed by atoms with Crippen LogP contribution in [-0.4, -0.2) is 28.0 Å². The molecule has 0 aromatic carbocycles. The number of hydrazine groups is 1. The van der Waals surface area contributed by atoms with Crippen LogP contribution in [0, 0.1) is 12.3 Å². The predicted molar refractivity (Wildman–Crippen MR) is 82.1 cm³/mol. The fraction of sp³-hybridized carbons (Fsp3) is 0.733. The van der Waals surface area contributed by atoms with Gasteiger partial charge in [-0.2, -0.15) is 0 Å². The van der Waals surface area contributed by atoms with E-state index >= 15 is 0 Å². The van der Waals surface area contributed by atoms with Crippen LogP contribution in [0.2, 0.25) is 0 Å². The number of anilines is 1. The summed E-state index contributed by atoms with van der Waals surface area (Å²) >= 11 is 0. The Balaban J connectivity index is 1.98. The van der Waals surface area contributed by atoms with E-state index < -0.39 is 0 Å². The second kappa shape index (κ2) is 6.06. The van der Waals surface area contributed by atoms with Crippen molar-refractivity contribution >= 4 is 5.82 Å². The maximum atomic E-state index is 5.44. The molecule has 0 spiro atoms. The molecule has 5 nitrogen and oxygen atoms in total. The van der Waals surface area contributed by atoms with Crippen molar-refractivity contribution in [3.8, 4) is 0 Å². The number of hydrogen-bond donors (Lipinski definition) is 2. The molecule has 1 fully saturated rings. The van der Waals surface area contributed by atoms with Crippen LogP contribution in [0.25, 0.3) is 0 Å². The molecular formula is C15H27N5. The summed E-state index contributed by atoms with van der Waals surface area (Å²) in [5, 5.41) is 0. The largest absolute Gasteiger partial charge is 0.308 e. The van der Waals surface area contributed by atoms with Gasteiger partial charge in [0.05, 0.1) is 6.54 Å². The molecule has 3 N–H and O–H groups in total. The van der Waals surface area contributed by atoms with E-state index in [-0.39, 0.29) is 0 Å². The maximum Gasteiger partial charge on any atom is 0.145 e. The zero-order valence-electron chi connectivity index (χ0n) is 13.1. The molecule has 0 bridgehead atoms. The number of nitrogens with one attached hydrogen (secondary N) is 1.